The van der Waals surface area contributed by atoms with Crippen molar-refractivity contribution in [2.45, 2.75) is 104 Å². The third-order valence-corrected chi connectivity index (χ3v) is 7.17. The van der Waals surface area contributed by atoms with Gasteiger partial charge < -0.3 is 29.5 Å². The lowest BCUT2D eigenvalue weighted by atomic mass is 9.70. The molecular weight excluding hydrogens is 436 g/mol. The van der Waals surface area contributed by atoms with Gasteiger partial charge in [0.15, 0.2) is 17.6 Å². The Kier molecular flexibility index (Phi) is 8.66. The highest BCUT2D eigenvalue weighted by Gasteiger charge is 2.43. The van der Waals surface area contributed by atoms with Gasteiger partial charge in [0.25, 0.3) is 0 Å². The number of aliphatic hydroxyl groups excluding tert-OH is 2. The molecule has 1 aromatic rings. The maximum atomic E-state index is 11.3. The van der Waals surface area contributed by atoms with Crippen LogP contribution in [0.3, 0.4) is 0 Å². The van der Waals surface area contributed by atoms with E-state index in [9.17, 15) is 20.1 Å². The molecule has 3 rings (SSSR count). The Morgan fingerprint density at radius 2 is 1.94 bits per heavy atom. The maximum absolute atomic E-state index is 11.3. The maximum Gasteiger partial charge on any atom is 0.303 e. The molecule has 0 saturated carbocycles. The molecule has 7 heteroatoms. The molecule has 0 bridgehead atoms. The Morgan fingerprint density at radius 3 is 2.59 bits per heavy atom. The van der Waals surface area contributed by atoms with Crippen LogP contribution < -0.4 is 4.74 Å². The largest absolute Gasteiger partial charge is 0.504 e. The second-order valence-electron chi connectivity index (χ2n) is 10.2. The molecule has 0 aromatic heterocycles. The lowest BCUT2D eigenvalue weighted by Gasteiger charge is -2.39. The number of phenolic OH excluding ortho intramolecular Hbond substituents is 1. The van der Waals surface area contributed by atoms with E-state index < -0.39 is 30.6 Å². The number of carbonyl (C=O) groups excluding carboxylic acids is 1. The van der Waals surface area contributed by atoms with Gasteiger partial charge in [-0.2, -0.15) is 0 Å². The van der Waals surface area contributed by atoms with Crippen molar-refractivity contribution in [1.29, 1.82) is 0 Å². The van der Waals surface area contributed by atoms with Crippen LogP contribution in [0.2, 0.25) is 0 Å². The highest BCUT2D eigenvalue weighted by Crippen LogP contribution is 2.51. The first-order valence-corrected chi connectivity index (χ1v) is 12.3. The lowest BCUT2D eigenvalue weighted by molar-refractivity contribution is -0.248. The van der Waals surface area contributed by atoms with Crippen molar-refractivity contribution < 1.29 is 34.3 Å². The van der Waals surface area contributed by atoms with Crippen LogP contribution in [0.25, 0.3) is 0 Å². The van der Waals surface area contributed by atoms with Gasteiger partial charge in [0.05, 0.1) is 6.61 Å². The molecule has 2 aliphatic rings. The van der Waals surface area contributed by atoms with Crippen LogP contribution in [0.4, 0.5) is 0 Å². The van der Waals surface area contributed by atoms with Gasteiger partial charge in [0.2, 0.25) is 6.29 Å². The summed E-state index contributed by atoms with van der Waals surface area (Å²) in [4.78, 5) is 11.3. The fraction of sp³-hybridized carbons (Fsp3) is 0.667. The third-order valence-electron chi connectivity index (χ3n) is 7.17. The molecule has 1 aromatic carbocycles. The van der Waals surface area contributed by atoms with Crippen LogP contribution in [0.15, 0.2) is 17.7 Å². The third kappa shape index (κ3) is 5.75. The Balaban J connectivity index is 1.89. The molecule has 7 nitrogen and oxygen atoms in total. The van der Waals surface area contributed by atoms with Gasteiger partial charge in [-0.05, 0) is 75.3 Å². The first-order valence-electron chi connectivity index (χ1n) is 12.3. The Hall–Kier alpha value is -2.09. The van der Waals surface area contributed by atoms with E-state index >= 15 is 0 Å². The van der Waals surface area contributed by atoms with Crippen molar-refractivity contribution >= 4 is 5.97 Å². The number of phenols is 1. The predicted molar refractivity (Wildman–Crippen MR) is 129 cm³/mol. The van der Waals surface area contributed by atoms with Gasteiger partial charge in [0.1, 0.15) is 12.2 Å². The molecule has 34 heavy (non-hydrogen) atoms. The smallest absolute Gasteiger partial charge is 0.303 e. The van der Waals surface area contributed by atoms with Gasteiger partial charge in [-0.15, -0.1) is 0 Å². The van der Waals surface area contributed by atoms with Gasteiger partial charge in [-0.25, -0.2) is 0 Å². The SMILES string of the molecule is CC(=O)O[C@@H]1CO[C@@H](Oc2c(O)c(C)cc3c2[C@@H](C)CC[C@@H]3[C@@H](C)CCC=C(C)C)[C@@H](O)[C@@H]1O. The van der Waals surface area contributed by atoms with E-state index in [0.717, 1.165) is 31.2 Å². The first kappa shape index (κ1) is 26.5. The summed E-state index contributed by atoms with van der Waals surface area (Å²) in [6, 6.07) is 2.07. The zero-order valence-corrected chi connectivity index (χ0v) is 21.2. The van der Waals surface area contributed by atoms with Crippen molar-refractivity contribution in [3.05, 3.63) is 34.4 Å². The van der Waals surface area contributed by atoms with Crippen molar-refractivity contribution in [2.24, 2.45) is 5.92 Å². The van der Waals surface area contributed by atoms with Crippen molar-refractivity contribution in [1.82, 2.24) is 0 Å². The second kappa shape index (κ2) is 11.1. The number of fused-ring (bicyclic) bond motifs is 1. The number of allylic oxidation sites excluding steroid dienone is 2. The molecule has 0 spiro atoms. The van der Waals surface area contributed by atoms with Crippen molar-refractivity contribution in [3.63, 3.8) is 0 Å². The number of aromatic hydroxyl groups is 1. The Morgan fingerprint density at radius 1 is 1.24 bits per heavy atom. The fourth-order valence-corrected chi connectivity index (χ4v) is 5.21. The summed E-state index contributed by atoms with van der Waals surface area (Å²) in [6.45, 7) is 11.6. The fourth-order valence-electron chi connectivity index (χ4n) is 5.21. The van der Waals surface area contributed by atoms with E-state index in [1.807, 2.05) is 6.92 Å². The standard InChI is InChI=1S/C27H40O7/c1-14(2)8-7-9-15(3)19-11-10-16(4)22-20(19)12-17(5)23(29)26(22)34-27-25(31)24(30)21(13-32-27)33-18(6)28/h8,12,15-16,19,21,24-25,27,29-31H,7,9-11,13H2,1-6H3/t15-,16-,19+,21+,24+,25-,27-/m0/s1. The van der Waals surface area contributed by atoms with Crippen LogP contribution in [-0.4, -0.2) is 52.5 Å². The number of hydrogen-bond donors (Lipinski definition) is 3. The lowest BCUT2D eigenvalue weighted by Crippen LogP contribution is -2.56. The average Bonchev–Trinajstić information content (AvgIpc) is 2.75. The summed E-state index contributed by atoms with van der Waals surface area (Å²) >= 11 is 0. The van der Waals surface area contributed by atoms with Crippen LogP contribution in [0.1, 0.15) is 88.8 Å². The Labute approximate surface area is 202 Å². The molecule has 7 atom stereocenters. The highest BCUT2D eigenvalue weighted by atomic mass is 16.7. The molecule has 1 fully saturated rings. The van der Waals surface area contributed by atoms with Crippen LogP contribution in [0.5, 0.6) is 11.5 Å². The highest BCUT2D eigenvalue weighted by molar-refractivity contribution is 5.66. The molecule has 1 saturated heterocycles. The van der Waals surface area contributed by atoms with Crippen LogP contribution >= 0.6 is 0 Å². The van der Waals surface area contributed by atoms with Gasteiger partial charge >= 0.3 is 5.97 Å². The second-order valence-corrected chi connectivity index (χ2v) is 10.2. The summed E-state index contributed by atoms with van der Waals surface area (Å²) in [7, 11) is 0. The zero-order valence-electron chi connectivity index (χ0n) is 21.2. The zero-order chi connectivity index (χ0) is 25.2. The Bertz CT molecular complexity index is 905. The predicted octanol–water partition coefficient (Wildman–Crippen LogP) is 4.45. The monoisotopic (exact) mass is 476 g/mol. The van der Waals surface area contributed by atoms with E-state index in [0.29, 0.717) is 23.1 Å². The summed E-state index contributed by atoms with van der Waals surface area (Å²) in [5.74, 6) is 0.734. The topological polar surface area (TPSA) is 105 Å². The van der Waals surface area contributed by atoms with E-state index in [-0.39, 0.29) is 18.3 Å². The number of hydrogen-bond acceptors (Lipinski definition) is 7. The minimum atomic E-state index is -1.44. The number of esters is 1. The van der Waals surface area contributed by atoms with E-state index in [4.69, 9.17) is 14.2 Å². The molecule has 0 radical (unpaired) electrons. The normalized spacial score (nSPS) is 29.6. The number of aryl methyl sites for hydroxylation is 1. The number of carbonyl (C=O) groups is 1. The average molecular weight is 477 g/mol. The number of benzene rings is 1. The number of ether oxygens (including phenoxy) is 3. The van der Waals surface area contributed by atoms with E-state index in [2.05, 4.69) is 39.8 Å². The number of rotatable bonds is 7. The molecule has 3 N–H and O–H groups in total. The summed E-state index contributed by atoms with van der Waals surface area (Å²) < 4.78 is 16.7. The van der Waals surface area contributed by atoms with Crippen LogP contribution in [0, 0.1) is 12.8 Å². The summed E-state index contributed by atoms with van der Waals surface area (Å²) in [5, 5.41) is 32.0. The van der Waals surface area contributed by atoms with Gasteiger partial charge in [-0.3, -0.25) is 4.79 Å². The van der Waals surface area contributed by atoms with Crippen molar-refractivity contribution in [2.75, 3.05) is 6.61 Å². The molecule has 0 amide bonds. The molecule has 1 aliphatic heterocycles. The molecule has 190 valence electrons. The van der Waals surface area contributed by atoms with Gasteiger partial charge in [0, 0.05) is 12.5 Å². The van der Waals surface area contributed by atoms with Gasteiger partial charge in [-0.1, -0.05) is 31.6 Å². The minimum Gasteiger partial charge on any atom is -0.504 e. The molecule has 0 unspecified atom stereocenters. The summed E-state index contributed by atoms with van der Waals surface area (Å²) in [6.07, 6.45) is 1.46. The molecule has 1 heterocycles. The summed E-state index contributed by atoms with van der Waals surface area (Å²) in [5.41, 5.74) is 4.15. The van der Waals surface area contributed by atoms with Crippen molar-refractivity contribution in [3.8, 4) is 11.5 Å². The molecule has 1 aliphatic carbocycles. The molecular formula is C27H40O7. The van der Waals surface area contributed by atoms with E-state index in [1.54, 1.807) is 0 Å². The minimum absolute atomic E-state index is 0.0239. The first-order chi connectivity index (χ1) is 16.0. The van der Waals surface area contributed by atoms with Crippen LogP contribution in [-0.2, 0) is 14.3 Å². The van der Waals surface area contributed by atoms with E-state index in [1.165, 1.54) is 18.1 Å². The number of aliphatic hydroxyl groups is 2. The quantitative estimate of drug-likeness (QED) is 0.394.